The molecule has 0 atom stereocenters. The Morgan fingerprint density at radius 1 is 1.44 bits per heavy atom. The molecule has 0 fully saturated rings. The Balaban J connectivity index is 3.06. The molecule has 0 saturated carbocycles. The molecule has 0 heterocycles. The van der Waals surface area contributed by atoms with Gasteiger partial charge in [-0.1, -0.05) is 15.9 Å². The number of hydrogen-bond donors (Lipinski definition) is 0. The van der Waals surface area contributed by atoms with E-state index in [4.69, 9.17) is 5.26 Å². The van der Waals surface area contributed by atoms with Gasteiger partial charge in [0.2, 0.25) is 0 Å². The smallest absolute Gasteiger partial charge is 0.259 e. The van der Waals surface area contributed by atoms with Crippen molar-refractivity contribution in [2.24, 2.45) is 0 Å². The summed E-state index contributed by atoms with van der Waals surface area (Å²) >= 11 is 2.94. The molecule has 0 N–H and O–H groups in total. The van der Waals surface area contributed by atoms with Crippen molar-refractivity contribution in [3.05, 3.63) is 33.8 Å². The summed E-state index contributed by atoms with van der Waals surface area (Å²) < 4.78 is 27.4. The lowest BCUT2D eigenvalue weighted by atomic mass is 10.1. The second kappa shape index (κ2) is 6.45. The van der Waals surface area contributed by atoms with Gasteiger partial charge in [0.25, 0.3) is 5.91 Å². The summed E-state index contributed by atoms with van der Waals surface area (Å²) in [5.41, 5.74) is -0.585. The zero-order valence-electron chi connectivity index (χ0n) is 9.71. The van der Waals surface area contributed by atoms with Crippen molar-refractivity contribution in [3.8, 4) is 6.07 Å². The number of halogens is 3. The zero-order valence-corrected chi connectivity index (χ0v) is 11.3. The zero-order chi connectivity index (χ0) is 13.7. The van der Waals surface area contributed by atoms with Gasteiger partial charge < -0.3 is 4.90 Å². The molecule has 0 saturated heterocycles. The van der Waals surface area contributed by atoms with E-state index in [1.165, 1.54) is 4.90 Å². The first-order chi connectivity index (χ1) is 8.51. The van der Waals surface area contributed by atoms with Gasteiger partial charge in [-0.15, -0.1) is 0 Å². The minimum absolute atomic E-state index is 0.124. The van der Waals surface area contributed by atoms with Crippen LogP contribution < -0.4 is 0 Å². The van der Waals surface area contributed by atoms with Crippen molar-refractivity contribution in [1.82, 2.24) is 4.90 Å². The Morgan fingerprint density at radius 3 is 2.44 bits per heavy atom. The average molecular weight is 317 g/mol. The van der Waals surface area contributed by atoms with Crippen LogP contribution in [0.15, 0.2) is 16.6 Å². The number of carbonyl (C=O) groups excluding carboxylic acids is 1. The maximum absolute atomic E-state index is 13.6. The van der Waals surface area contributed by atoms with Gasteiger partial charge in [0.1, 0.15) is 17.2 Å². The van der Waals surface area contributed by atoms with Crippen molar-refractivity contribution in [1.29, 1.82) is 5.26 Å². The van der Waals surface area contributed by atoms with E-state index in [9.17, 15) is 13.6 Å². The highest BCUT2D eigenvalue weighted by Crippen LogP contribution is 2.20. The molecule has 0 bridgehead atoms. The first-order valence-electron chi connectivity index (χ1n) is 5.32. The number of rotatable bonds is 4. The quantitative estimate of drug-likeness (QED) is 0.856. The van der Waals surface area contributed by atoms with E-state index < -0.39 is 23.1 Å². The molecule has 0 unspecified atom stereocenters. The average Bonchev–Trinajstić information content (AvgIpc) is 2.28. The summed E-state index contributed by atoms with van der Waals surface area (Å²) in [6.07, 6.45) is 0.124. The van der Waals surface area contributed by atoms with Gasteiger partial charge in [0.15, 0.2) is 0 Å². The highest BCUT2D eigenvalue weighted by atomic mass is 79.9. The summed E-state index contributed by atoms with van der Waals surface area (Å²) in [6, 6.07) is 3.96. The lowest BCUT2D eigenvalue weighted by Gasteiger charge is -2.20. The third-order valence-corrected chi connectivity index (χ3v) is 2.84. The van der Waals surface area contributed by atoms with E-state index >= 15 is 0 Å². The van der Waals surface area contributed by atoms with Gasteiger partial charge in [0.05, 0.1) is 12.5 Å². The highest BCUT2D eigenvalue weighted by molar-refractivity contribution is 9.10. The number of nitriles is 1. The van der Waals surface area contributed by atoms with Crippen LogP contribution in [-0.2, 0) is 0 Å². The van der Waals surface area contributed by atoms with Crippen molar-refractivity contribution < 1.29 is 13.6 Å². The Hall–Kier alpha value is -1.48. The van der Waals surface area contributed by atoms with Crippen molar-refractivity contribution in [2.75, 3.05) is 13.1 Å². The first-order valence-corrected chi connectivity index (χ1v) is 6.11. The number of benzene rings is 1. The van der Waals surface area contributed by atoms with Gasteiger partial charge >= 0.3 is 0 Å². The molecule has 3 nitrogen and oxygen atoms in total. The molecule has 18 heavy (non-hydrogen) atoms. The lowest BCUT2D eigenvalue weighted by molar-refractivity contribution is 0.0758. The molecule has 96 valence electrons. The molecular weight excluding hydrogens is 306 g/mol. The summed E-state index contributed by atoms with van der Waals surface area (Å²) in [4.78, 5) is 13.2. The van der Waals surface area contributed by atoms with Gasteiger partial charge in [0, 0.05) is 17.6 Å². The highest BCUT2D eigenvalue weighted by Gasteiger charge is 2.22. The van der Waals surface area contributed by atoms with Gasteiger partial charge in [-0.25, -0.2) is 8.78 Å². The molecule has 0 aliphatic carbocycles. The maximum Gasteiger partial charge on any atom is 0.259 e. The van der Waals surface area contributed by atoms with E-state index in [0.29, 0.717) is 0 Å². The number of nitrogens with zero attached hydrogens (tertiary/aromatic N) is 2. The summed E-state index contributed by atoms with van der Waals surface area (Å²) in [6.45, 7) is 2.13. The van der Waals surface area contributed by atoms with Crippen LogP contribution in [0.5, 0.6) is 0 Å². The maximum atomic E-state index is 13.6. The van der Waals surface area contributed by atoms with Crippen molar-refractivity contribution >= 4 is 21.8 Å². The molecule has 0 aliphatic heterocycles. The van der Waals surface area contributed by atoms with E-state index in [-0.39, 0.29) is 24.0 Å². The predicted octanol–water partition coefficient (Wildman–Crippen LogP) is 3.10. The molecule has 1 rings (SSSR count). The second-order valence-corrected chi connectivity index (χ2v) is 4.45. The van der Waals surface area contributed by atoms with Crippen LogP contribution in [-0.4, -0.2) is 23.9 Å². The third-order valence-electron chi connectivity index (χ3n) is 2.38. The predicted molar refractivity (Wildman–Crippen MR) is 65.9 cm³/mol. The van der Waals surface area contributed by atoms with Crippen molar-refractivity contribution in [3.63, 3.8) is 0 Å². The van der Waals surface area contributed by atoms with Crippen LogP contribution in [0.2, 0.25) is 0 Å². The third kappa shape index (κ3) is 3.26. The molecule has 1 aromatic carbocycles. The Bertz CT molecular complexity index is 476. The monoisotopic (exact) mass is 316 g/mol. The summed E-state index contributed by atoms with van der Waals surface area (Å²) in [5, 5.41) is 8.47. The lowest BCUT2D eigenvalue weighted by Crippen LogP contribution is -2.33. The fraction of sp³-hybridized carbons (Fsp3) is 0.333. The summed E-state index contributed by atoms with van der Waals surface area (Å²) in [5.74, 6) is -2.57. The van der Waals surface area contributed by atoms with E-state index in [2.05, 4.69) is 15.9 Å². The topological polar surface area (TPSA) is 44.1 Å². The second-order valence-electron chi connectivity index (χ2n) is 3.54. The molecule has 0 radical (unpaired) electrons. The van der Waals surface area contributed by atoms with Gasteiger partial charge in [-0.3, -0.25) is 4.79 Å². The SMILES string of the molecule is CCN(CCC#N)C(=O)c1c(F)cc(Br)cc1F. The molecule has 1 amide bonds. The minimum Gasteiger partial charge on any atom is -0.338 e. The van der Waals surface area contributed by atoms with Crippen LogP contribution in [0.4, 0.5) is 8.78 Å². The van der Waals surface area contributed by atoms with Crippen molar-refractivity contribution in [2.45, 2.75) is 13.3 Å². The van der Waals surface area contributed by atoms with E-state index in [1.807, 2.05) is 6.07 Å². The van der Waals surface area contributed by atoms with Gasteiger partial charge in [-0.2, -0.15) is 5.26 Å². The van der Waals surface area contributed by atoms with E-state index in [1.54, 1.807) is 6.92 Å². The van der Waals surface area contributed by atoms with Crippen LogP contribution in [0.3, 0.4) is 0 Å². The van der Waals surface area contributed by atoms with Gasteiger partial charge in [-0.05, 0) is 19.1 Å². The first kappa shape index (κ1) is 14.6. The fourth-order valence-electron chi connectivity index (χ4n) is 1.49. The molecular formula is C12H11BrF2N2O. The van der Waals surface area contributed by atoms with E-state index in [0.717, 1.165) is 12.1 Å². The Labute approximate surface area is 112 Å². The van der Waals surface area contributed by atoms with Crippen LogP contribution in [0.25, 0.3) is 0 Å². The summed E-state index contributed by atoms with van der Waals surface area (Å²) in [7, 11) is 0. The minimum atomic E-state index is -0.915. The Morgan fingerprint density at radius 2 is 2.00 bits per heavy atom. The number of hydrogen-bond acceptors (Lipinski definition) is 2. The number of carbonyl (C=O) groups is 1. The molecule has 0 spiro atoms. The van der Waals surface area contributed by atoms with Crippen LogP contribution >= 0.6 is 15.9 Å². The molecule has 6 heteroatoms. The molecule has 0 aliphatic rings. The largest absolute Gasteiger partial charge is 0.338 e. The molecule has 0 aromatic heterocycles. The van der Waals surface area contributed by atoms with Crippen LogP contribution in [0.1, 0.15) is 23.7 Å². The standard InChI is InChI=1S/C12H11BrF2N2O/c1-2-17(5-3-4-16)12(18)11-9(14)6-8(13)7-10(11)15/h6-7H,2-3,5H2,1H3. The Kier molecular flexibility index (Phi) is 5.23. The van der Waals surface area contributed by atoms with Crippen LogP contribution in [0, 0.1) is 23.0 Å². The number of amides is 1. The molecule has 1 aromatic rings. The fourth-order valence-corrected chi connectivity index (χ4v) is 1.89. The normalized spacial score (nSPS) is 9.94.